The van der Waals surface area contributed by atoms with E-state index in [-0.39, 0.29) is 12.1 Å². The molecule has 1 aliphatic rings. The molecule has 0 N–H and O–H groups in total. The largest absolute Gasteiger partial charge is 0.358 e. The molecular weight excluding hydrogens is 280 g/mol. The molecule has 2 heterocycles. The molecule has 22 heavy (non-hydrogen) atoms. The van der Waals surface area contributed by atoms with Crippen LogP contribution in [0.2, 0.25) is 0 Å². The van der Waals surface area contributed by atoms with E-state index >= 15 is 0 Å². The monoisotopic (exact) mass is 302 g/mol. The number of hydrogen-bond donors (Lipinski definition) is 0. The average Bonchev–Trinajstić information content (AvgIpc) is 2.93. The van der Waals surface area contributed by atoms with Gasteiger partial charge in [0.1, 0.15) is 6.23 Å². The summed E-state index contributed by atoms with van der Waals surface area (Å²) in [4.78, 5) is 17.1. The van der Waals surface area contributed by atoms with Gasteiger partial charge >= 0.3 is 0 Å². The van der Waals surface area contributed by atoms with Crippen LogP contribution in [0.15, 0.2) is 30.5 Å². The molecule has 1 aromatic carbocycles. The second kappa shape index (κ2) is 6.50. The summed E-state index contributed by atoms with van der Waals surface area (Å²) in [5, 5.41) is 2.37. The van der Waals surface area contributed by atoms with Gasteiger partial charge < -0.3 is 9.30 Å². The highest BCUT2D eigenvalue weighted by molar-refractivity contribution is 5.89. The Balaban J connectivity index is 1.95. The predicted octanol–water partition coefficient (Wildman–Crippen LogP) is 2.90. The van der Waals surface area contributed by atoms with Crippen LogP contribution in [-0.2, 0) is 20.8 Å². The Hall–Kier alpha value is -1.85. The minimum Gasteiger partial charge on any atom is -0.358 e. The number of aromatic nitrogens is 1. The molecule has 0 aliphatic carbocycles. The third-order valence-electron chi connectivity index (χ3n) is 4.26. The molecule has 1 aromatic heterocycles. The number of benzene rings is 1. The van der Waals surface area contributed by atoms with Gasteiger partial charge in [-0.2, -0.15) is 0 Å². The van der Waals surface area contributed by atoms with Crippen LogP contribution in [0.5, 0.6) is 0 Å². The summed E-state index contributed by atoms with van der Waals surface area (Å²) < 4.78 is 8.07. The van der Waals surface area contributed by atoms with Crippen molar-refractivity contribution in [1.82, 2.24) is 9.63 Å². The molecule has 0 bridgehead atoms. The zero-order valence-electron chi connectivity index (χ0n) is 13.1. The van der Waals surface area contributed by atoms with Crippen molar-refractivity contribution in [3.63, 3.8) is 0 Å². The molecule has 1 fully saturated rings. The van der Waals surface area contributed by atoms with Crippen LogP contribution in [0.25, 0.3) is 10.9 Å². The van der Waals surface area contributed by atoms with Crippen LogP contribution in [0.3, 0.4) is 0 Å². The number of carbonyl (C=O) groups is 1. The van der Waals surface area contributed by atoms with Crippen molar-refractivity contribution < 1.29 is 14.4 Å². The molecule has 1 amide bonds. The number of amides is 1. The summed E-state index contributed by atoms with van der Waals surface area (Å²) in [7, 11) is 3.13. The summed E-state index contributed by atoms with van der Waals surface area (Å²) in [5.41, 5.74) is 2.14. The van der Waals surface area contributed by atoms with Crippen LogP contribution >= 0.6 is 0 Å². The Morgan fingerprint density at radius 1 is 1.41 bits per heavy atom. The molecule has 2 aromatic rings. The molecule has 1 atom stereocenters. The number of carbonyl (C=O) groups excluding carboxylic acids is 1. The highest BCUT2D eigenvalue weighted by Gasteiger charge is 2.20. The maximum atomic E-state index is 12.1. The number of rotatable bonds is 4. The number of para-hydroxylation sites is 1. The van der Waals surface area contributed by atoms with Crippen molar-refractivity contribution >= 4 is 16.8 Å². The van der Waals surface area contributed by atoms with Crippen molar-refractivity contribution in [1.29, 1.82) is 0 Å². The summed E-state index contributed by atoms with van der Waals surface area (Å²) in [5.74, 6) is -0.0602. The molecule has 5 heteroatoms. The Morgan fingerprint density at radius 3 is 2.95 bits per heavy atom. The van der Waals surface area contributed by atoms with Crippen LogP contribution in [0, 0.1) is 0 Å². The number of ether oxygens (including phenoxy) is 1. The van der Waals surface area contributed by atoms with E-state index in [9.17, 15) is 4.79 Å². The zero-order chi connectivity index (χ0) is 15.5. The van der Waals surface area contributed by atoms with Crippen molar-refractivity contribution in [3.05, 3.63) is 36.0 Å². The van der Waals surface area contributed by atoms with Crippen molar-refractivity contribution in [2.45, 2.75) is 31.9 Å². The van der Waals surface area contributed by atoms with E-state index in [1.165, 1.54) is 18.6 Å². The van der Waals surface area contributed by atoms with E-state index in [2.05, 4.69) is 22.9 Å². The smallest absolute Gasteiger partial charge is 0.250 e. The van der Waals surface area contributed by atoms with Gasteiger partial charge in [0, 0.05) is 25.2 Å². The van der Waals surface area contributed by atoms with E-state index in [0.717, 1.165) is 35.9 Å². The second-order valence-corrected chi connectivity index (χ2v) is 5.65. The highest BCUT2D eigenvalue weighted by Crippen LogP contribution is 2.30. The van der Waals surface area contributed by atoms with Gasteiger partial charge in [-0.25, -0.2) is 5.06 Å². The number of likely N-dealkylation sites (N-methyl/N-ethyl adjacent to an activating group) is 1. The lowest BCUT2D eigenvalue weighted by Gasteiger charge is -2.24. The molecular formula is C17H22N2O3. The van der Waals surface area contributed by atoms with Gasteiger partial charge in [-0.1, -0.05) is 18.2 Å². The molecule has 1 unspecified atom stereocenters. The van der Waals surface area contributed by atoms with Crippen molar-refractivity contribution in [2.75, 3.05) is 20.8 Å². The predicted molar refractivity (Wildman–Crippen MR) is 84.3 cm³/mol. The topological polar surface area (TPSA) is 43.7 Å². The fraction of sp³-hybridized carbons (Fsp3) is 0.471. The second-order valence-electron chi connectivity index (χ2n) is 5.65. The molecule has 0 radical (unpaired) electrons. The van der Waals surface area contributed by atoms with Gasteiger partial charge in [0.2, 0.25) is 5.91 Å². The summed E-state index contributed by atoms with van der Waals surface area (Å²) in [6.07, 6.45) is 5.77. The summed E-state index contributed by atoms with van der Waals surface area (Å²) in [6, 6.07) is 8.17. The average molecular weight is 302 g/mol. The fourth-order valence-corrected chi connectivity index (χ4v) is 2.98. The molecule has 0 saturated carbocycles. The Kier molecular flexibility index (Phi) is 4.45. The lowest BCUT2D eigenvalue weighted by atomic mass is 10.1. The van der Waals surface area contributed by atoms with Crippen molar-refractivity contribution in [2.24, 2.45) is 0 Å². The normalized spacial score (nSPS) is 18.5. The number of fused-ring (bicyclic) bond motifs is 1. The molecule has 0 spiro atoms. The Labute approximate surface area is 130 Å². The van der Waals surface area contributed by atoms with Gasteiger partial charge in [-0.15, -0.1) is 0 Å². The quantitative estimate of drug-likeness (QED) is 0.816. The van der Waals surface area contributed by atoms with E-state index in [4.69, 9.17) is 9.57 Å². The fourth-order valence-electron chi connectivity index (χ4n) is 2.98. The number of hydrogen-bond acceptors (Lipinski definition) is 3. The minimum absolute atomic E-state index is 0.0602. The first-order valence-corrected chi connectivity index (χ1v) is 7.71. The van der Waals surface area contributed by atoms with Gasteiger partial charge in [-0.3, -0.25) is 9.63 Å². The van der Waals surface area contributed by atoms with Gasteiger partial charge in [0.25, 0.3) is 0 Å². The first kappa shape index (κ1) is 15.1. The van der Waals surface area contributed by atoms with E-state index in [1.54, 1.807) is 7.05 Å². The van der Waals surface area contributed by atoms with Crippen LogP contribution < -0.4 is 0 Å². The molecule has 5 nitrogen and oxygen atoms in total. The van der Waals surface area contributed by atoms with E-state index in [0.29, 0.717) is 6.42 Å². The Bertz CT molecular complexity index is 659. The lowest BCUT2D eigenvalue weighted by Crippen LogP contribution is -2.26. The zero-order valence-corrected chi connectivity index (χ0v) is 13.1. The molecule has 118 valence electrons. The first-order valence-electron chi connectivity index (χ1n) is 7.71. The first-order chi connectivity index (χ1) is 10.7. The van der Waals surface area contributed by atoms with Gasteiger partial charge in [-0.05, 0) is 30.9 Å². The molecule has 1 saturated heterocycles. The van der Waals surface area contributed by atoms with E-state index in [1.807, 2.05) is 12.1 Å². The molecule has 1 aliphatic heterocycles. The highest BCUT2D eigenvalue weighted by atomic mass is 16.7. The van der Waals surface area contributed by atoms with Gasteiger partial charge in [0.15, 0.2) is 0 Å². The van der Waals surface area contributed by atoms with Crippen LogP contribution in [0.4, 0.5) is 0 Å². The minimum atomic E-state index is -0.0602. The SMILES string of the molecule is CON(C)C(=O)Cc1cn(C2CCCCO2)c2ccccc12. The number of hydroxylamine groups is 2. The summed E-state index contributed by atoms with van der Waals surface area (Å²) in [6.45, 7) is 0.803. The third kappa shape index (κ3) is 2.87. The maximum absolute atomic E-state index is 12.1. The van der Waals surface area contributed by atoms with Crippen LogP contribution in [-0.4, -0.2) is 36.3 Å². The molecule has 3 rings (SSSR count). The standard InChI is InChI=1S/C17H22N2O3/c1-18(21-2)16(20)11-13-12-19(17-9-5-6-10-22-17)15-8-4-3-7-14(13)15/h3-4,7-8,12,17H,5-6,9-11H2,1-2H3. The lowest BCUT2D eigenvalue weighted by molar-refractivity contribution is -0.167. The van der Waals surface area contributed by atoms with Gasteiger partial charge in [0.05, 0.1) is 19.0 Å². The number of nitrogens with zero attached hydrogens (tertiary/aromatic N) is 2. The third-order valence-corrected chi connectivity index (χ3v) is 4.26. The summed E-state index contributed by atoms with van der Waals surface area (Å²) >= 11 is 0. The maximum Gasteiger partial charge on any atom is 0.250 e. The van der Waals surface area contributed by atoms with E-state index < -0.39 is 0 Å². The van der Waals surface area contributed by atoms with Crippen molar-refractivity contribution in [3.8, 4) is 0 Å². The Morgan fingerprint density at radius 2 is 2.23 bits per heavy atom. The van der Waals surface area contributed by atoms with Crippen LogP contribution in [0.1, 0.15) is 31.1 Å².